The van der Waals surface area contributed by atoms with Crippen LogP contribution in [-0.4, -0.2) is 50.1 Å². The highest BCUT2D eigenvalue weighted by Crippen LogP contribution is 2.48. The van der Waals surface area contributed by atoms with Crippen LogP contribution in [0.4, 0.5) is 0 Å². The number of nitrogens with zero attached hydrogens (tertiary/aromatic N) is 1. The molecule has 0 radical (unpaired) electrons. The second-order valence-electron chi connectivity index (χ2n) is 8.21. The van der Waals surface area contributed by atoms with E-state index in [1.807, 2.05) is 19.9 Å². The molecule has 4 aliphatic heterocycles. The summed E-state index contributed by atoms with van der Waals surface area (Å²) in [6.45, 7) is 17.4. The Morgan fingerprint density at radius 2 is 1.86 bits per heavy atom. The fourth-order valence-electron chi connectivity index (χ4n) is 5.16. The van der Waals surface area contributed by atoms with Crippen LogP contribution in [0.25, 0.3) is 0 Å². The van der Waals surface area contributed by atoms with E-state index >= 15 is 0 Å². The van der Waals surface area contributed by atoms with Crippen molar-refractivity contribution in [2.45, 2.75) is 51.5 Å². The second kappa shape index (κ2) is 9.77. The van der Waals surface area contributed by atoms with Crippen LogP contribution in [0.2, 0.25) is 0 Å². The highest BCUT2D eigenvalue weighted by molar-refractivity contribution is 5.99. The minimum atomic E-state index is 0.0409. The van der Waals surface area contributed by atoms with Gasteiger partial charge in [-0.2, -0.15) is 0 Å². The molecule has 2 saturated heterocycles. The number of ether oxygens (including phenoxy) is 1. The van der Waals surface area contributed by atoms with Crippen LogP contribution in [0.3, 0.4) is 0 Å². The number of likely N-dealkylation sites (tertiary alicyclic amines) is 1. The van der Waals surface area contributed by atoms with Crippen LogP contribution in [0.15, 0.2) is 25.3 Å². The maximum absolute atomic E-state index is 11.9. The molecule has 5 rings (SSSR count). The molecule has 1 amide bonds. The largest absolute Gasteiger partial charge is 0.492 e. The molecular formula is C24H37N3O2. The Kier molecular flexibility index (Phi) is 7.36. The first-order chi connectivity index (χ1) is 14.3. The lowest BCUT2D eigenvalue weighted by Gasteiger charge is -2.40. The number of carbonyl (C=O) groups excluding carboxylic acids is 1. The molecular weight excluding hydrogens is 362 g/mol. The third-order valence-electron chi connectivity index (χ3n) is 6.78. The molecule has 0 atom stereocenters. The lowest BCUT2D eigenvalue weighted by Crippen LogP contribution is -2.46. The number of piperidine rings is 2. The van der Waals surface area contributed by atoms with Gasteiger partial charge < -0.3 is 20.3 Å². The quantitative estimate of drug-likeness (QED) is 0.748. The molecule has 0 saturated carbocycles. The van der Waals surface area contributed by atoms with E-state index in [0.717, 1.165) is 29.4 Å². The van der Waals surface area contributed by atoms with Gasteiger partial charge in [0.1, 0.15) is 5.75 Å². The second-order valence-corrected chi connectivity index (χ2v) is 8.21. The number of benzene rings is 1. The van der Waals surface area contributed by atoms with E-state index in [1.54, 1.807) is 0 Å². The number of hydrogen-bond donors (Lipinski definition) is 2. The fraction of sp³-hybridized carbons (Fsp3) is 0.625. The van der Waals surface area contributed by atoms with E-state index in [2.05, 4.69) is 34.8 Å². The molecule has 4 aliphatic rings. The average Bonchev–Trinajstić information content (AvgIpc) is 3.35. The number of carbonyl (C=O) groups is 1. The fourth-order valence-corrected chi connectivity index (χ4v) is 5.16. The number of fused-ring (bicyclic) bond motifs is 4. The van der Waals surface area contributed by atoms with Crippen molar-refractivity contribution < 1.29 is 9.53 Å². The summed E-state index contributed by atoms with van der Waals surface area (Å²) in [6.07, 6.45) is 4.98. The van der Waals surface area contributed by atoms with Crippen molar-refractivity contribution >= 4 is 5.91 Å². The molecule has 0 aliphatic carbocycles. The summed E-state index contributed by atoms with van der Waals surface area (Å²) in [5.41, 5.74) is 3.40. The molecule has 1 aromatic carbocycles. The van der Waals surface area contributed by atoms with Gasteiger partial charge in [-0.25, -0.2) is 0 Å². The standard InChI is InChI=1S/C20H27N3O2.C2H6.C2H4/c24-19-15-1-2-17-18(16(15)11-22-19)25-13-20(17)5-9-23(10-6-20)12-14-3-7-21-8-4-14;2*1-2/h1-2,14,21H,3-13H2,(H,22,24);1-2H3;1-2H2. The van der Waals surface area contributed by atoms with Gasteiger partial charge in [-0.3, -0.25) is 4.79 Å². The SMILES string of the molecule is C=C.CC.O=C1NCc2c1ccc1c2OCC12CCN(CC1CCNCC1)CC2. The molecule has 1 aromatic rings. The number of hydrogen-bond acceptors (Lipinski definition) is 4. The molecule has 0 unspecified atom stereocenters. The van der Waals surface area contributed by atoms with Gasteiger partial charge in [0.25, 0.3) is 5.91 Å². The smallest absolute Gasteiger partial charge is 0.252 e. The van der Waals surface area contributed by atoms with Gasteiger partial charge >= 0.3 is 0 Å². The highest BCUT2D eigenvalue weighted by Gasteiger charge is 2.45. The van der Waals surface area contributed by atoms with Gasteiger partial charge in [0.05, 0.1) is 6.61 Å². The zero-order valence-electron chi connectivity index (χ0n) is 18.2. The number of amides is 1. The lowest BCUT2D eigenvalue weighted by atomic mass is 9.73. The molecule has 4 heterocycles. The molecule has 29 heavy (non-hydrogen) atoms. The number of nitrogens with one attached hydrogen (secondary N) is 2. The Bertz CT molecular complexity index is 704. The van der Waals surface area contributed by atoms with E-state index in [-0.39, 0.29) is 11.3 Å². The van der Waals surface area contributed by atoms with Crippen LogP contribution in [0, 0.1) is 5.92 Å². The maximum atomic E-state index is 11.9. The summed E-state index contributed by atoms with van der Waals surface area (Å²) in [7, 11) is 0. The molecule has 5 heteroatoms. The highest BCUT2D eigenvalue weighted by atomic mass is 16.5. The van der Waals surface area contributed by atoms with Gasteiger partial charge in [0.2, 0.25) is 0 Å². The van der Waals surface area contributed by atoms with Gasteiger partial charge in [0, 0.05) is 35.2 Å². The Morgan fingerprint density at radius 3 is 2.55 bits per heavy atom. The average molecular weight is 400 g/mol. The van der Waals surface area contributed by atoms with Crippen LogP contribution >= 0.6 is 0 Å². The third kappa shape index (κ3) is 4.22. The molecule has 2 N–H and O–H groups in total. The van der Waals surface area contributed by atoms with Crippen molar-refractivity contribution in [3.63, 3.8) is 0 Å². The van der Waals surface area contributed by atoms with E-state index in [0.29, 0.717) is 6.54 Å². The van der Waals surface area contributed by atoms with Crippen molar-refractivity contribution in [1.29, 1.82) is 0 Å². The Hall–Kier alpha value is -1.85. The van der Waals surface area contributed by atoms with E-state index in [1.165, 1.54) is 64.0 Å². The van der Waals surface area contributed by atoms with Crippen molar-refractivity contribution in [1.82, 2.24) is 15.5 Å². The molecule has 0 bridgehead atoms. The van der Waals surface area contributed by atoms with E-state index in [9.17, 15) is 4.79 Å². The van der Waals surface area contributed by atoms with Gasteiger partial charge in [-0.15, -0.1) is 13.2 Å². The first kappa shape index (κ1) is 21.8. The van der Waals surface area contributed by atoms with Crippen LogP contribution in [-0.2, 0) is 12.0 Å². The minimum absolute atomic E-state index is 0.0409. The lowest BCUT2D eigenvalue weighted by molar-refractivity contribution is 0.0965. The topological polar surface area (TPSA) is 53.6 Å². The molecule has 160 valence electrons. The van der Waals surface area contributed by atoms with Crippen molar-refractivity contribution in [2.24, 2.45) is 5.92 Å². The predicted octanol–water partition coefficient (Wildman–Crippen LogP) is 3.48. The van der Waals surface area contributed by atoms with Gasteiger partial charge in [-0.1, -0.05) is 19.9 Å². The van der Waals surface area contributed by atoms with Crippen LogP contribution in [0.1, 0.15) is 61.0 Å². The van der Waals surface area contributed by atoms with Gasteiger partial charge in [0.15, 0.2) is 0 Å². The normalized spacial score (nSPS) is 22.3. The summed E-state index contributed by atoms with van der Waals surface area (Å²) >= 11 is 0. The summed E-state index contributed by atoms with van der Waals surface area (Å²) < 4.78 is 6.15. The molecule has 0 aromatic heterocycles. The van der Waals surface area contributed by atoms with Crippen molar-refractivity contribution in [2.75, 3.05) is 39.3 Å². The van der Waals surface area contributed by atoms with Crippen LogP contribution in [0.5, 0.6) is 5.75 Å². The first-order valence-corrected chi connectivity index (χ1v) is 11.3. The maximum Gasteiger partial charge on any atom is 0.252 e. The Morgan fingerprint density at radius 1 is 1.17 bits per heavy atom. The summed E-state index contributed by atoms with van der Waals surface area (Å²) in [5.74, 6) is 1.91. The Labute approximate surface area is 175 Å². The Balaban J connectivity index is 0.000000568. The van der Waals surface area contributed by atoms with E-state index in [4.69, 9.17) is 4.74 Å². The summed E-state index contributed by atoms with van der Waals surface area (Å²) in [4.78, 5) is 14.6. The minimum Gasteiger partial charge on any atom is -0.492 e. The van der Waals surface area contributed by atoms with Crippen molar-refractivity contribution in [3.8, 4) is 5.75 Å². The molecule has 1 spiro atoms. The first-order valence-electron chi connectivity index (χ1n) is 11.3. The monoisotopic (exact) mass is 399 g/mol. The van der Waals surface area contributed by atoms with Crippen LogP contribution < -0.4 is 15.4 Å². The zero-order valence-corrected chi connectivity index (χ0v) is 18.2. The summed E-state index contributed by atoms with van der Waals surface area (Å²) in [5, 5.41) is 6.39. The van der Waals surface area contributed by atoms with Gasteiger partial charge in [-0.05, 0) is 63.8 Å². The van der Waals surface area contributed by atoms with E-state index < -0.39 is 0 Å². The molecule has 2 fully saturated rings. The predicted molar refractivity (Wildman–Crippen MR) is 119 cm³/mol. The summed E-state index contributed by atoms with van der Waals surface area (Å²) in [6, 6.07) is 4.17. The van der Waals surface area contributed by atoms with Crippen molar-refractivity contribution in [3.05, 3.63) is 42.0 Å². The third-order valence-corrected chi connectivity index (χ3v) is 6.78. The molecule has 5 nitrogen and oxygen atoms in total. The number of rotatable bonds is 2. The zero-order chi connectivity index (χ0) is 20.9.